The van der Waals surface area contributed by atoms with E-state index in [4.69, 9.17) is 4.74 Å². The molecule has 1 unspecified atom stereocenters. The van der Waals surface area contributed by atoms with Gasteiger partial charge in [0.2, 0.25) is 0 Å². The molecule has 0 radical (unpaired) electrons. The molecule has 16 heavy (non-hydrogen) atoms. The number of hydrogen-bond donors (Lipinski definition) is 0. The quantitative estimate of drug-likeness (QED) is 0.728. The molecule has 0 N–H and O–H groups in total. The molecule has 1 heterocycles. The lowest BCUT2D eigenvalue weighted by Crippen LogP contribution is -2.38. The summed E-state index contributed by atoms with van der Waals surface area (Å²) in [4.78, 5) is 0. The summed E-state index contributed by atoms with van der Waals surface area (Å²) in [6, 6.07) is 8.73. The van der Waals surface area contributed by atoms with Crippen molar-refractivity contribution in [3.05, 3.63) is 42.0 Å². The highest BCUT2D eigenvalue weighted by Crippen LogP contribution is 2.34. The minimum absolute atomic E-state index is 0.109. The van der Waals surface area contributed by atoms with Crippen molar-refractivity contribution in [3.8, 4) is 0 Å². The highest BCUT2D eigenvalue weighted by molar-refractivity contribution is 6.37. The fourth-order valence-electron chi connectivity index (χ4n) is 2.49. The summed E-state index contributed by atoms with van der Waals surface area (Å²) >= 11 is 0. The first-order valence-corrected chi connectivity index (χ1v) is 8.30. The van der Waals surface area contributed by atoms with Gasteiger partial charge in [-0.15, -0.1) is 0 Å². The number of hydrogen-bond acceptors (Lipinski definition) is 1. The first-order valence-electron chi connectivity index (χ1n) is 6.18. The Morgan fingerprint density at radius 1 is 1.31 bits per heavy atom. The molecule has 1 aromatic rings. The van der Waals surface area contributed by atoms with Gasteiger partial charge in [-0.3, -0.25) is 0 Å². The van der Waals surface area contributed by atoms with Crippen LogP contribution in [0, 0.1) is 0 Å². The maximum Gasteiger partial charge on any atom is 0.0755 e. The zero-order chi connectivity index (χ0) is 11.4. The molecule has 1 fully saturated rings. The van der Waals surface area contributed by atoms with E-state index in [9.17, 15) is 0 Å². The largest absolute Gasteiger partial charge is 0.375 e. The lowest BCUT2D eigenvalue weighted by Gasteiger charge is -2.37. The molecule has 1 aromatic carbocycles. The van der Waals surface area contributed by atoms with Gasteiger partial charge in [0.15, 0.2) is 0 Å². The van der Waals surface area contributed by atoms with Crippen molar-refractivity contribution in [2.75, 3.05) is 6.61 Å². The molecule has 1 atom stereocenters. The van der Waals surface area contributed by atoms with Crippen LogP contribution in [0.1, 0.15) is 30.4 Å². The third-order valence-electron chi connectivity index (χ3n) is 3.60. The van der Waals surface area contributed by atoms with Crippen molar-refractivity contribution < 1.29 is 4.74 Å². The monoisotopic (exact) mass is 232 g/mol. The molecule has 2 heteroatoms. The van der Waals surface area contributed by atoms with Gasteiger partial charge in [-0.25, -0.2) is 0 Å². The molecule has 1 aliphatic rings. The summed E-state index contributed by atoms with van der Waals surface area (Å²) < 4.78 is 6.11. The third-order valence-corrected chi connectivity index (χ3v) is 5.71. The van der Waals surface area contributed by atoms with Gasteiger partial charge >= 0.3 is 0 Å². The first kappa shape index (κ1) is 11.6. The van der Waals surface area contributed by atoms with Crippen LogP contribution in [0.25, 0.3) is 6.08 Å². The second-order valence-electron chi connectivity index (χ2n) is 4.48. The second kappa shape index (κ2) is 4.98. The minimum atomic E-state index is -0.204. The van der Waals surface area contributed by atoms with Crippen molar-refractivity contribution in [1.29, 1.82) is 0 Å². The van der Waals surface area contributed by atoms with Crippen LogP contribution in [-0.4, -0.2) is 16.1 Å². The molecule has 2 rings (SSSR count). The molecule has 0 spiro atoms. The van der Waals surface area contributed by atoms with Gasteiger partial charge in [0, 0.05) is 6.61 Å². The normalized spacial score (nSPS) is 26.1. The summed E-state index contributed by atoms with van der Waals surface area (Å²) in [7, 11) is -0.204. The van der Waals surface area contributed by atoms with E-state index in [1.807, 2.05) is 6.08 Å². The molecule has 1 nitrogen and oxygen atoms in total. The average molecular weight is 232 g/mol. The SMILES string of the molecule is C=Cc1ccc(C2([SiH2]C)CCCCO2)cc1. The molecule has 86 valence electrons. The van der Waals surface area contributed by atoms with E-state index in [0.717, 1.165) is 6.61 Å². The highest BCUT2D eigenvalue weighted by atomic mass is 28.2. The van der Waals surface area contributed by atoms with E-state index in [0.29, 0.717) is 0 Å². The predicted octanol–water partition coefficient (Wildman–Crippen LogP) is 2.90. The van der Waals surface area contributed by atoms with Crippen LogP contribution in [-0.2, 0) is 9.96 Å². The van der Waals surface area contributed by atoms with Gasteiger partial charge < -0.3 is 4.74 Å². The second-order valence-corrected chi connectivity index (χ2v) is 6.33. The van der Waals surface area contributed by atoms with Crippen molar-refractivity contribution in [1.82, 2.24) is 0 Å². The smallest absolute Gasteiger partial charge is 0.0755 e. The number of benzene rings is 1. The molecule has 0 aliphatic carbocycles. The summed E-state index contributed by atoms with van der Waals surface area (Å²) in [5.41, 5.74) is 2.57. The summed E-state index contributed by atoms with van der Waals surface area (Å²) in [5, 5.41) is 0.109. The van der Waals surface area contributed by atoms with Crippen LogP contribution >= 0.6 is 0 Å². The van der Waals surface area contributed by atoms with Crippen LogP contribution in [0.3, 0.4) is 0 Å². The molecule has 0 amide bonds. The van der Waals surface area contributed by atoms with Gasteiger partial charge in [0.1, 0.15) is 0 Å². The standard InChI is InChI=1S/C14H20OSi/c1-3-12-6-8-13(9-7-12)14(16-2)10-4-5-11-15-14/h3,6-9H,1,4-5,10-11,16H2,2H3. The lowest BCUT2D eigenvalue weighted by atomic mass is 9.99. The summed E-state index contributed by atoms with van der Waals surface area (Å²) in [5.74, 6) is 0. The summed E-state index contributed by atoms with van der Waals surface area (Å²) in [6.45, 7) is 7.08. The predicted molar refractivity (Wildman–Crippen MR) is 72.4 cm³/mol. The molecule has 0 bridgehead atoms. The first-order chi connectivity index (χ1) is 7.80. The van der Waals surface area contributed by atoms with Gasteiger partial charge in [-0.2, -0.15) is 0 Å². The average Bonchev–Trinajstić information content (AvgIpc) is 2.39. The van der Waals surface area contributed by atoms with Gasteiger partial charge in [-0.1, -0.05) is 43.5 Å². The fraction of sp³-hybridized carbons (Fsp3) is 0.429. The zero-order valence-electron chi connectivity index (χ0n) is 10.0. The Morgan fingerprint density at radius 2 is 2.06 bits per heavy atom. The molecule has 0 saturated carbocycles. The molecule has 1 aliphatic heterocycles. The molecular formula is C14H20OSi. The number of rotatable bonds is 3. The van der Waals surface area contributed by atoms with Crippen LogP contribution in [0.5, 0.6) is 0 Å². The number of ether oxygens (including phenoxy) is 1. The Balaban J connectivity index is 2.28. The van der Waals surface area contributed by atoms with E-state index in [1.54, 1.807) is 0 Å². The van der Waals surface area contributed by atoms with Gasteiger partial charge in [0.25, 0.3) is 0 Å². The van der Waals surface area contributed by atoms with E-state index in [2.05, 4.69) is 37.4 Å². The van der Waals surface area contributed by atoms with E-state index in [1.165, 1.54) is 30.4 Å². The lowest BCUT2D eigenvalue weighted by molar-refractivity contribution is -0.0235. The van der Waals surface area contributed by atoms with E-state index < -0.39 is 0 Å². The Hall–Kier alpha value is -0.863. The third kappa shape index (κ3) is 2.13. The zero-order valence-corrected chi connectivity index (χ0v) is 11.5. The molecule has 1 saturated heterocycles. The van der Waals surface area contributed by atoms with Crippen LogP contribution < -0.4 is 0 Å². The van der Waals surface area contributed by atoms with Crippen LogP contribution in [0.4, 0.5) is 0 Å². The van der Waals surface area contributed by atoms with Crippen molar-refractivity contribution in [3.63, 3.8) is 0 Å². The van der Waals surface area contributed by atoms with Crippen LogP contribution in [0.2, 0.25) is 6.55 Å². The molecular weight excluding hydrogens is 212 g/mol. The van der Waals surface area contributed by atoms with Crippen molar-refractivity contribution in [2.45, 2.75) is 31.0 Å². The Morgan fingerprint density at radius 3 is 2.56 bits per heavy atom. The maximum absolute atomic E-state index is 6.11. The topological polar surface area (TPSA) is 9.23 Å². The van der Waals surface area contributed by atoms with Crippen molar-refractivity contribution >= 4 is 15.6 Å². The minimum Gasteiger partial charge on any atom is -0.375 e. The van der Waals surface area contributed by atoms with Gasteiger partial charge in [0.05, 0.1) is 14.7 Å². The van der Waals surface area contributed by atoms with E-state index in [-0.39, 0.29) is 14.7 Å². The Kier molecular flexibility index (Phi) is 3.61. The van der Waals surface area contributed by atoms with Crippen molar-refractivity contribution in [2.24, 2.45) is 0 Å². The maximum atomic E-state index is 6.11. The summed E-state index contributed by atoms with van der Waals surface area (Å²) in [6.07, 6.45) is 5.63. The van der Waals surface area contributed by atoms with Gasteiger partial charge in [-0.05, 0) is 30.4 Å². The Bertz CT molecular complexity index is 350. The Labute approximate surface area is 100 Å². The molecule has 0 aromatic heterocycles. The fourth-order valence-corrected chi connectivity index (χ4v) is 4.08. The van der Waals surface area contributed by atoms with Crippen LogP contribution in [0.15, 0.2) is 30.8 Å². The highest BCUT2D eigenvalue weighted by Gasteiger charge is 2.33. The van der Waals surface area contributed by atoms with E-state index >= 15 is 0 Å².